The van der Waals surface area contributed by atoms with Gasteiger partial charge in [0.05, 0.1) is 42.7 Å². The van der Waals surface area contributed by atoms with E-state index >= 15 is 0 Å². The fourth-order valence-electron chi connectivity index (χ4n) is 7.39. The Balaban J connectivity index is 2.17. The molecule has 1 aliphatic rings. The summed E-state index contributed by atoms with van der Waals surface area (Å²) in [5, 5.41) is 6.24. The first-order chi connectivity index (χ1) is 23.1. The van der Waals surface area contributed by atoms with Gasteiger partial charge in [-0.2, -0.15) is 0 Å². The average Bonchev–Trinajstić information content (AvgIpc) is 3.04. The first-order valence-corrected chi connectivity index (χ1v) is 18.3. The molecular formula is C39H66N4O6. The topological polar surface area (TPSA) is 117 Å². The van der Waals surface area contributed by atoms with Crippen molar-refractivity contribution in [1.29, 1.82) is 0 Å². The van der Waals surface area contributed by atoms with Gasteiger partial charge in [-0.15, -0.1) is 0 Å². The van der Waals surface area contributed by atoms with Crippen molar-refractivity contribution in [3.63, 3.8) is 0 Å². The summed E-state index contributed by atoms with van der Waals surface area (Å²) in [7, 11) is 6.74. The van der Waals surface area contributed by atoms with Crippen LogP contribution in [0.4, 0.5) is 0 Å². The fourth-order valence-corrected chi connectivity index (χ4v) is 7.39. The van der Waals surface area contributed by atoms with Crippen LogP contribution in [-0.4, -0.2) is 105 Å². The second kappa shape index (κ2) is 20.1. The smallest absolute Gasteiger partial charge is 0.226 e. The van der Waals surface area contributed by atoms with E-state index in [1.807, 2.05) is 71.9 Å². The molecule has 0 radical (unpaired) electrons. The van der Waals surface area contributed by atoms with Gasteiger partial charge in [-0.05, 0) is 50.1 Å². The molecule has 0 spiro atoms. The van der Waals surface area contributed by atoms with Crippen LogP contribution in [0.5, 0.6) is 0 Å². The van der Waals surface area contributed by atoms with Gasteiger partial charge >= 0.3 is 0 Å². The number of benzene rings is 1. The number of methoxy groups -OCH3 is 2. The Labute approximate surface area is 296 Å². The lowest BCUT2D eigenvalue weighted by Gasteiger charge is -2.47. The molecule has 10 nitrogen and oxygen atoms in total. The maximum absolute atomic E-state index is 14.1. The Kier molecular flexibility index (Phi) is 17.4. The molecule has 278 valence electrons. The lowest BCUT2D eigenvalue weighted by molar-refractivity contribution is -0.156. The molecule has 1 aliphatic heterocycles. The molecule has 1 aromatic carbocycles. The molecule has 10 heteroatoms. The summed E-state index contributed by atoms with van der Waals surface area (Å²) in [5.41, 5.74) is 1.15. The van der Waals surface area contributed by atoms with Gasteiger partial charge < -0.3 is 29.9 Å². The molecule has 1 heterocycles. The molecule has 0 aliphatic carbocycles. The standard InChI is InChI=1S/C39H66N4O6/c1-13-26(6)36(42(10)39(47)30(24(2)3)22-32(44)35(40-9)25(4)5)33(48-11)23-34(45)43-20-19-31(43)37(49-12)28(8)38(46)41-27(7)21-29-17-15-14-16-18-29/h14-18,24-28,30-31,33,35-37,40H,13,19-23H2,1-12H3,(H,41,46)/t26?,27-,28-,30+,31+,33-,35+,36+,37-/m1/s1. The molecule has 0 saturated carbocycles. The van der Waals surface area contributed by atoms with Gasteiger partial charge in [0.2, 0.25) is 17.7 Å². The number of ketones is 1. The normalized spacial score (nSPS) is 19.6. The van der Waals surface area contributed by atoms with Crippen molar-refractivity contribution in [3.8, 4) is 0 Å². The Morgan fingerprint density at radius 2 is 1.57 bits per heavy atom. The second-order valence-corrected chi connectivity index (χ2v) is 14.9. The molecule has 2 rings (SSSR count). The number of Topliss-reactive ketones (excluding diaryl/α,β-unsaturated/α-hetero) is 1. The highest BCUT2D eigenvalue weighted by atomic mass is 16.5. The van der Waals surface area contributed by atoms with Crippen LogP contribution >= 0.6 is 0 Å². The third kappa shape index (κ3) is 11.3. The van der Waals surface area contributed by atoms with Crippen LogP contribution in [0.3, 0.4) is 0 Å². The summed E-state index contributed by atoms with van der Waals surface area (Å²) < 4.78 is 11.9. The van der Waals surface area contributed by atoms with Gasteiger partial charge in [-0.1, -0.05) is 85.2 Å². The predicted octanol–water partition coefficient (Wildman–Crippen LogP) is 4.74. The average molecular weight is 687 g/mol. The number of ether oxygens (including phenoxy) is 2. The van der Waals surface area contributed by atoms with E-state index in [1.165, 1.54) is 0 Å². The van der Waals surface area contributed by atoms with Gasteiger partial charge in [0.1, 0.15) is 0 Å². The van der Waals surface area contributed by atoms with Crippen LogP contribution in [0.25, 0.3) is 0 Å². The molecule has 1 fully saturated rings. The highest BCUT2D eigenvalue weighted by Gasteiger charge is 2.44. The molecule has 0 aromatic heterocycles. The van der Waals surface area contributed by atoms with E-state index in [2.05, 4.69) is 24.5 Å². The SMILES string of the molecule is CCC(C)[C@@H]([C@@H](CC(=O)N1CC[C@H]1[C@H](OC)[C@@H](C)C(=O)N[C@H](C)Cc1ccccc1)OC)N(C)C(=O)[C@@H](CC(=O)[C@@H](NC)C(C)C)C(C)C. The van der Waals surface area contributed by atoms with Crippen molar-refractivity contribution >= 4 is 23.5 Å². The molecule has 0 bridgehead atoms. The zero-order chi connectivity index (χ0) is 37.0. The highest BCUT2D eigenvalue weighted by molar-refractivity contribution is 5.90. The van der Waals surface area contributed by atoms with Crippen LogP contribution in [0.1, 0.15) is 86.6 Å². The molecule has 1 unspecified atom stereocenters. The minimum atomic E-state index is -0.553. The van der Waals surface area contributed by atoms with Crippen molar-refractivity contribution in [2.24, 2.45) is 29.6 Å². The van der Waals surface area contributed by atoms with Crippen LogP contribution < -0.4 is 10.6 Å². The van der Waals surface area contributed by atoms with E-state index in [1.54, 1.807) is 38.1 Å². The van der Waals surface area contributed by atoms with Crippen LogP contribution in [-0.2, 0) is 35.1 Å². The van der Waals surface area contributed by atoms with Gasteiger partial charge in [0, 0.05) is 46.2 Å². The van der Waals surface area contributed by atoms with Crippen LogP contribution in [0, 0.1) is 29.6 Å². The summed E-state index contributed by atoms with van der Waals surface area (Å²) in [4.78, 5) is 58.1. The molecule has 2 N–H and O–H groups in total. The van der Waals surface area contributed by atoms with E-state index in [0.29, 0.717) is 6.54 Å². The molecule has 1 saturated heterocycles. The first kappa shape index (κ1) is 42.3. The number of carbonyl (C=O) groups excluding carboxylic acids is 4. The lowest BCUT2D eigenvalue weighted by Crippen LogP contribution is -2.61. The Hall–Kier alpha value is -2.82. The van der Waals surface area contributed by atoms with Gasteiger partial charge in [0.25, 0.3) is 0 Å². The largest absolute Gasteiger partial charge is 0.379 e. The zero-order valence-corrected chi connectivity index (χ0v) is 32.3. The zero-order valence-electron chi connectivity index (χ0n) is 32.3. The van der Waals surface area contributed by atoms with Gasteiger partial charge in [-0.25, -0.2) is 0 Å². The Bertz CT molecular complexity index is 1190. The number of nitrogens with one attached hydrogen (secondary N) is 2. The Morgan fingerprint density at radius 3 is 2.04 bits per heavy atom. The number of nitrogens with zero attached hydrogens (tertiary/aromatic N) is 2. The molecule has 1 aromatic rings. The number of amides is 3. The third-order valence-electron chi connectivity index (χ3n) is 10.7. The van der Waals surface area contributed by atoms with Crippen molar-refractivity contribution in [2.75, 3.05) is 34.9 Å². The maximum Gasteiger partial charge on any atom is 0.226 e. The third-order valence-corrected chi connectivity index (χ3v) is 10.7. The Morgan fingerprint density at radius 1 is 0.939 bits per heavy atom. The van der Waals surface area contributed by atoms with Crippen molar-refractivity contribution in [1.82, 2.24) is 20.4 Å². The number of likely N-dealkylation sites (tertiary alicyclic amines) is 1. The number of rotatable bonds is 21. The lowest BCUT2D eigenvalue weighted by atomic mass is 9.83. The van der Waals surface area contributed by atoms with Gasteiger partial charge in [-0.3, -0.25) is 19.2 Å². The molecule has 49 heavy (non-hydrogen) atoms. The monoisotopic (exact) mass is 686 g/mol. The van der Waals surface area contributed by atoms with E-state index in [0.717, 1.165) is 24.8 Å². The van der Waals surface area contributed by atoms with Crippen LogP contribution in [0.15, 0.2) is 30.3 Å². The number of likely N-dealkylation sites (N-methyl/N-ethyl adjacent to an activating group) is 2. The molecular weight excluding hydrogens is 620 g/mol. The van der Waals surface area contributed by atoms with Crippen LogP contribution in [0.2, 0.25) is 0 Å². The van der Waals surface area contributed by atoms with Crippen molar-refractivity contribution in [3.05, 3.63) is 35.9 Å². The van der Waals surface area contributed by atoms with Crippen molar-refractivity contribution in [2.45, 2.75) is 124 Å². The number of carbonyl (C=O) groups is 4. The molecule has 3 amide bonds. The summed E-state index contributed by atoms with van der Waals surface area (Å²) in [6.45, 7) is 16.5. The first-order valence-electron chi connectivity index (χ1n) is 18.3. The number of hydrogen-bond acceptors (Lipinski definition) is 7. The molecule has 9 atom stereocenters. The van der Waals surface area contributed by atoms with E-state index in [9.17, 15) is 19.2 Å². The number of hydrogen-bond donors (Lipinski definition) is 2. The fraction of sp³-hybridized carbons (Fsp3) is 0.744. The van der Waals surface area contributed by atoms with Crippen molar-refractivity contribution < 1.29 is 28.7 Å². The summed E-state index contributed by atoms with van der Waals surface area (Å²) >= 11 is 0. The van der Waals surface area contributed by atoms with Gasteiger partial charge in [0.15, 0.2) is 5.78 Å². The summed E-state index contributed by atoms with van der Waals surface area (Å²) in [6.07, 6.45) is 1.46. The minimum absolute atomic E-state index is 0.0293. The highest BCUT2D eigenvalue weighted by Crippen LogP contribution is 2.31. The van der Waals surface area contributed by atoms with E-state index in [-0.39, 0.29) is 78.3 Å². The summed E-state index contributed by atoms with van der Waals surface area (Å²) in [5.74, 6) is -1.12. The summed E-state index contributed by atoms with van der Waals surface area (Å²) in [6, 6.07) is 9.06. The predicted molar refractivity (Wildman–Crippen MR) is 195 cm³/mol. The minimum Gasteiger partial charge on any atom is -0.379 e. The quantitative estimate of drug-likeness (QED) is 0.192. The maximum atomic E-state index is 14.1. The van der Waals surface area contributed by atoms with E-state index < -0.39 is 24.0 Å². The second-order valence-electron chi connectivity index (χ2n) is 14.9. The van der Waals surface area contributed by atoms with E-state index in [4.69, 9.17) is 9.47 Å².